The highest BCUT2D eigenvalue weighted by Gasteiger charge is 2.11. The number of hydrogen-bond acceptors (Lipinski definition) is 7. The first-order valence-corrected chi connectivity index (χ1v) is 11.4. The highest BCUT2D eigenvalue weighted by Crippen LogP contribution is 2.23. The number of anilines is 2. The fraction of sp³-hybridized carbons (Fsp3) is 0.250. The quantitative estimate of drug-likeness (QED) is 0.186. The summed E-state index contributed by atoms with van der Waals surface area (Å²) in [6, 6.07) is 13.1. The van der Waals surface area contributed by atoms with Gasteiger partial charge in [0.15, 0.2) is 0 Å². The summed E-state index contributed by atoms with van der Waals surface area (Å²) in [5, 5.41) is 10.9. The molecule has 0 aliphatic rings. The number of benzene rings is 2. The van der Waals surface area contributed by atoms with E-state index in [-0.39, 0.29) is 24.7 Å². The maximum atomic E-state index is 12.6. The van der Waals surface area contributed by atoms with Gasteiger partial charge >= 0.3 is 12.1 Å². The second-order valence-electron chi connectivity index (χ2n) is 7.71. The molecule has 2 aromatic carbocycles. The van der Waals surface area contributed by atoms with Crippen LogP contribution < -0.4 is 43.0 Å². The number of urea groups is 2. The highest BCUT2D eigenvalue weighted by molar-refractivity contribution is 5.99. The van der Waals surface area contributed by atoms with Crippen molar-refractivity contribution in [1.82, 2.24) is 20.6 Å². The number of nitrogens with zero attached hydrogens (tertiary/aromatic N) is 1. The minimum Gasteiger partial charge on any atom is -0.490 e. The van der Waals surface area contributed by atoms with Gasteiger partial charge < -0.3 is 32.2 Å². The standard InChI is InChI=1S/C24H30N8O4/c25-10-3-11-27-14-16-6-8-17(9-7-16)18-15-29-23(31-21(18)33)32-24(35)30-19-4-1-2-5-20(19)36-13-12-28-22(26)34/h1-2,4-9,15,27H,3,10-14,25H2,(H3,26,28,34)(H3,29,30,31,32,33,35). The number of amides is 4. The zero-order chi connectivity index (χ0) is 25.8. The van der Waals surface area contributed by atoms with Crippen LogP contribution in [0.5, 0.6) is 5.75 Å². The van der Waals surface area contributed by atoms with Crippen molar-refractivity contribution in [2.24, 2.45) is 11.5 Å². The molecular formula is C24H30N8O4. The van der Waals surface area contributed by atoms with Gasteiger partial charge in [0.2, 0.25) is 5.95 Å². The van der Waals surface area contributed by atoms with Gasteiger partial charge in [0.05, 0.1) is 17.8 Å². The molecule has 12 nitrogen and oxygen atoms in total. The number of H-pyrrole nitrogens is 1. The lowest BCUT2D eigenvalue weighted by Gasteiger charge is -2.13. The van der Waals surface area contributed by atoms with Gasteiger partial charge in [-0.2, -0.15) is 0 Å². The van der Waals surface area contributed by atoms with Gasteiger partial charge in [0, 0.05) is 12.7 Å². The molecule has 0 atom stereocenters. The molecular weight excluding hydrogens is 464 g/mol. The number of primary amides is 1. The number of carbonyl (C=O) groups excluding carboxylic acids is 2. The van der Waals surface area contributed by atoms with Gasteiger partial charge in [-0.3, -0.25) is 15.1 Å². The van der Waals surface area contributed by atoms with Crippen LogP contribution in [0.4, 0.5) is 21.2 Å². The lowest BCUT2D eigenvalue weighted by Crippen LogP contribution is -2.32. The van der Waals surface area contributed by atoms with E-state index >= 15 is 0 Å². The summed E-state index contributed by atoms with van der Waals surface area (Å²) in [6.07, 6.45) is 2.32. The molecule has 0 spiro atoms. The van der Waals surface area contributed by atoms with E-state index < -0.39 is 12.1 Å². The zero-order valence-corrected chi connectivity index (χ0v) is 19.7. The SMILES string of the molecule is NCCCNCc1ccc(-c2cnc(NC(=O)Nc3ccccc3OCCNC(N)=O)[nH]c2=O)cc1. The summed E-state index contributed by atoms with van der Waals surface area (Å²) in [5.41, 5.74) is 12.7. The van der Waals surface area contributed by atoms with Crippen LogP contribution >= 0.6 is 0 Å². The van der Waals surface area contributed by atoms with Crippen LogP contribution in [0.25, 0.3) is 11.1 Å². The molecule has 0 aliphatic heterocycles. The minimum atomic E-state index is -0.653. The third-order valence-electron chi connectivity index (χ3n) is 4.98. The maximum absolute atomic E-state index is 12.6. The normalized spacial score (nSPS) is 10.5. The molecule has 4 amide bonds. The van der Waals surface area contributed by atoms with Crippen molar-refractivity contribution in [3.8, 4) is 16.9 Å². The van der Waals surface area contributed by atoms with Crippen molar-refractivity contribution in [3.05, 3.63) is 70.6 Å². The summed E-state index contributed by atoms with van der Waals surface area (Å²) in [6.45, 7) is 2.57. The number of hydrogen-bond donors (Lipinski definition) is 7. The summed E-state index contributed by atoms with van der Waals surface area (Å²) < 4.78 is 5.57. The van der Waals surface area contributed by atoms with Crippen molar-refractivity contribution < 1.29 is 14.3 Å². The molecule has 9 N–H and O–H groups in total. The smallest absolute Gasteiger partial charge is 0.326 e. The van der Waals surface area contributed by atoms with Crippen LogP contribution in [0.2, 0.25) is 0 Å². The highest BCUT2D eigenvalue weighted by atomic mass is 16.5. The fourth-order valence-corrected chi connectivity index (χ4v) is 3.22. The van der Waals surface area contributed by atoms with Gasteiger partial charge in [-0.05, 0) is 42.8 Å². The van der Waals surface area contributed by atoms with Crippen molar-refractivity contribution in [2.75, 3.05) is 36.9 Å². The molecule has 0 fully saturated rings. The second kappa shape index (κ2) is 13.5. The van der Waals surface area contributed by atoms with Crippen LogP contribution in [-0.4, -0.2) is 48.3 Å². The Balaban J connectivity index is 1.58. The van der Waals surface area contributed by atoms with E-state index in [0.717, 1.165) is 18.5 Å². The first-order chi connectivity index (χ1) is 17.5. The molecule has 12 heteroatoms. The number of nitrogens with two attached hydrogens (primary N) is 2. The Morgan fingerprint density at radius 1 is 1.03 bits per heavy atom. The third-order valence-corrected chi connectivity index (χ3v) is 4.98. The average molecular weight is 495 g/mol. The molecule has 3 rings (SSSR count). The Labute approximate surface area is 207 Å². The number of para-hydroxylation sites is 2. The number of nitrogens with one attached hydrogen (secondary N) is 5. The number of aromatic nitrogens is 2. The first-order valence-electron chi connectivity index (χ1n) is 11.4. The van der Waals surface area contributed by atoms with Crippen LogP contribution in [0.1, 0.15) is 12.0 Å². The van der Waals surface area contributed by atoms with E-state index in [1.54, 1.807) is 24.3 Å². The summed E-state index contributed by atoms with van der Waals surface area (Å²) >= 11 is 0. The van der Waals surface area contributed by atoms with Gasteiger partial charge in [-0.1, -0.05) is 36.4 Å². The van der Waals surface area contributed by atoms with E-state index in [1.165, 1.54) is 6.20 Å². The summed E-state index contributed by atoms with van der Waals surface area (Å²) in [7, 11) is 0. The Morgan fingerprint density at radius 2 is 1.81 bits per heavy atom. The fourth-order valence-electron chi connectivity index (χ4n) is 3.22. The van der Waals surface area contributed by atoms with Crippen molar-refractivity contribution in [1.29, 1.82) is 0 Å². The molecule has 0 aliphatic carbocycles. The molecule has 0 saturated heterocycles. The monoisotopic (exact) mass is 494 g/mol. The first kappa shape index (κ1) is 26.2. The van der Waals surface area contributed by atoms with E-state index in [1.807, 2.05) is 24.3 Å². The number of ether oxygens (including phenoxy) is 1. The van der Waals surface area contributed by atoms with Gasteiger partial charge in [-0.25, -0.2) is 14.6 Å². The Kier molecular flexibility index (Phi) is 9.79. The molecule has 36 heavy (non-hydrogen) atoms. The Hall–Kier alpha value is -4.42. The van der Waals surface area contributed by atoms with Crippen LogP contribution in [0.3, 0.4) is 0 Å². The van der Waals surface area contributed by atoms with Crippen molar-refractivity contribution in [2.45, 2.75) is 13.0 Å². The topological polar surface area (TPSA) is 189 Å². The summed E-state index contributed by atoms with van der Waals surface area (Å²) in [4.78, 5) is 42.5. The largest absolute Gasteiger partial charge is 0.490 e. The molecule has 0 radical (unpaired) electrons. The van der Waals surface area contributed by atoms with Gasteiger partial charge in [0.25, 0.3) is 5.56 Å². The lowest BCUT2D eigenvalue weighted by atomic mass is 10.1. The van der Waals surface area contributed by atoms with Crippen LogP contribution in [0, 0.1) is 0 Å². The number of carbonyl (C=O) groups is 2. The van der Waals surface area contributed by atoms with E-state index in [0.29, 0.717) is 35.7 Å². The minimum absolute atomic E-state index is 0.00830. The van der Waals surface area contributed by atoms with E-state index in [2.05, 4.69) is 31.2 Å². The molecule has 1 heterocycles. The zero-order valence-electron chi connectivity index (χ0n) is 19.7. The number of rotatable bonds is 12. The number of aromatic amines is 1. The Morgan fingerprint density at radius 3 is 2.53 bits per heavy atom. The van der Waals surface area contributed by atoms with E-state index in [9.17, 15) is 14.4 Å². The summed E-state index contributed by atoms with van der Waals surface area (Å²) in [5.74, 6) is 0.389. The predicted octanol–water partition coefficient (Wildman–Crippen LogP) is 1.57. The molecule has 0 bridgehead atoms. The molecule has 3 aromatic rings. The molecule has 0 unspecified atom stereocenters. The Bertz CT molecular complexity index is 1210. The second-order valence-corrected chi connectivity index (χ2v) is 7.71. The van der Waals surface area contributed by atoms with Crippen molar-refractivity contribution in [3.63, 3.8) is 0 Å². The van der Waals surface area contributed by atoms with Gasteiger partial charge in [0.1, 0.15) is 12.4 Å². The van der Waals surface area contributed by atoms with Crippen molar-refractivity contribution >= 4 is 23.7 Å². The van der Waals surface area contributed by atoms with E-state index in [4.69, 9.17) is 16.2 Å². The molecule has 190 valence electrons. The maximum Gasteiger partial charge on any atom is 0.326 e. The van der Waals surface area contributed by atoms with Gasteiger partial charge in [-0.15, -0.1) is 0 Å². The van der Waals surface area contributed by atoms with Crippen LogP contribution in [0.15, 0.2) is 59.5 Å². The lowest BCUT2D eigenvalue weighted by molar-refractivity contribution is 0.244. The van der Waals surface area contributed by atoms with Crippen LogP contribution in [-0.2, 0) is 6.54 Å². The third kappa shape index (κ3) is 8.11. The average Bonchev–Trinajstić information content (AvgIpc) is 2.86. The molecule has 1 aromatic heterocycles. The molecule has 0 saturated carbocycles. The predicted molar refractivity (Wildman–Crippen MR) is 138 cm³/mol.